The van der Waals surface area contributed by atoms with Gasteiger partial charge in [-0.05, 0) is 37.0 Å². The van der Waals surface area contributed by atoms with Gasteiger partial charge in [-0.2, -0.15) is 0 Å². The Morgan fingerprint density at radius 2 is 2.26 bits per heavy atom. The molecule has 3 nitrogen and oxygen atoms in total. The fraction of sp³-hybridized carbons (Fsp3) is 0.533. The Morgan fingerprint density at radius 1 is 1.42 bits per heavy atom. The molecule has 0 spiro atoms. The summed E-state index contributed by atoms with van der Waals surface area (Å²) in [4.78, 5) is 11.7. The zero-order valence-corrected chi connectivity index (χ0v) is 11.7. The van der Waals surface area contributed by atoms with Crippen molar-refractivity contribution >= 4 is 17.5 Å². The van der Waals surface area contributed by atoms with E-state index in [1.165, 1.54) is 0 Å². The lowest BCUT2D eigenvalue weighted by molar-refractivity contribution is -0.121. The predicted molar refractivity (Wildman–Crippen MR) is 76.1 cm³/mol. The second-order valence-corrected chi connectivity index (χ2v) is 5.63. The number of amides is 1. The van der Waals surface area contributed by atoms with Crippen molar-refractivity contribution in [1.82, 2.24) is 5.32 Å². The van der Waals surface area contributed by atoms with Crippen molar-refractivity contribution in [2.45, 2.75) is 38.2 Å². The number of aliphatic hydroxyl groups is 1. The highest BCUT2D eigenvalue weighted by Crippen LogP contribution is 2.24. The molecule has 1 aliphatic rings. The molecule has 1 aromatic rings. The van der Waals surface area contributed by atoms with Crippen LogP contribution in [0.25, 0.3) is 0 Å². The maximum atomic E-state index is 11.7. The third kappa shape index (κ3) is 4.51. The predicted octanol–water partition coefficient (Wildman–Crippen LogP) is 2.55. The zero-order chi connectivity index (χ0) is 13.7. The molecule has 0 aliphatic heterocycles. The van der Waals surface area contributed by atoms with Gasteiger partial charge in [0.15, 0.2) is 0 Å². The second-order valence-electron chi connectivity index (χ2n) is 5.19. The number of nitrogens with one attached hydrogen (secondary N) is 1. The van der Waals surface area contributed by atoms with Crippen LogP contribution in [0.5, 0.6) is 0 Å². The number of benzene rings is 1. The first-order valence-electron chi connectivity index (χ1n) is 6.84. The highest BCUT2D eigenvalue weighted by atomic mass is 35.5. The molecule has 0 heterocycles. The van der Waals surface area contributed by atoms with Gasteiger partial charge in [-0.15, -0.1) is 0 Å². The Kier molecular flexibility index (Phi) is 5.23. The molecule has 2 atom stereocenters. The molecule has 0 aromatic heterocycles. The van der Waals surface area contributed by atoms with Crippen molar-refractivity contribution in [3.8, 4) is 0 Å². The fourth-order valence-electron chi connectivity index (χ4n) is 2.54. The van der Waals surface area contributed by atoms with Crippen molar-refractivity contribution in [2.75, 3.05) is 6.54 Å². The van der Waals surface area contributed by atoms with Crippen molar-refractivity contribution in [1.29, 1.82) is 0 Å². The van der Waals surface area contributed by atoms with Gasteiger partial charge in [0, 0.05) is 23.9 Å². The average molecular weight is 282 g/mol. The summed E-state index contributed by atoms with van der Waals surface area (Å²) < 4.78 is 0. The maximum Gasteiger partial charge on any atom is 0.220 e. The van der Waals surface area contributed by atoms with Crippen LogP contribution in [0.4, 0.5) is 0 Å². The van der Waals surface area contributed by atoms with Crippen molar-refractivity contribution in [2.24, 2.45) is 5.92 Å². The van der Waals surface area contributed by atoms with E-state index in [-0.39, 0.29) is 17.9 Å². The van der Waals surface area contributed by atoms with Gasteiger partial charge in [0.2, 0.25) is 5.91 Å². The normalized spacial score (nSPS) is 22.4. The lowest BCUT2D eigenvalue weighted by Crippen LogP contribution is -2.32. The zero-order valence-electron chi connectivity index (χ0n) is 10.9. The highest BCUT2D eigenvalue weighted by Gasteiger charge is 2.25. The molecule has 4 heteroatoms. The number of hydrogen-bond acceptors (Lipinski definition) is 2. The van der Waals surface area contributed by atoms with Crippen LogP contribution in [0.1, 0.15) is 31.2 Å². The topological polar surface area (TPSA) is 49.3 Å². The van der Waals surface area contributed by atoms with Crippen LogP contribution in [0.2, 0.25) is 5.02 Å². The first-order valence-corrected chi connectivity index (χ1v) is 7.22. The molecule has 104 valence electrons. The lowest BCUT2D eigenvalue weighted by atomic mass is 10.1. The Labute approximate surface area is 119 Å². The van der Waals surface area contributed by atoms with Gasteiger partial charge >= 0.3 is 0 Å². The summed E-state index contributed by atoms with van der Waals surface area (Å²) >= 11 is 5.90. The minimum Gasteiger partial charge on any atom is -0.393 e. The number of aryl methyl sites for hydroxylation is 1. The summed E-state index contributed by atoms with van der Waals surface area (Å²) in [5.74, 6) is 0.272. The summed E-state index contributed by atoms with van der Waals surface area (Å²) in [5, 5.41) is 13.3. The molecule has 19 heavy (non-hydrogen) atoms. The van der Waals surface area contributed by atoms with E-state index in [1.807, 2.05) is 24.3 Å². The number of halogens is 1. The van der Waals surface area contributed by atoms with Crippen LogP contribution in [0.3, 0.4) is 0 Å². The molecule has 1 amide bonds. The summed E-state index contributed by atoms with van der Waals surface area (Å²) in [7, 11) is 0. The molecule has 1 fully saturated rings. The van der Waals surface area contributed by atoms with Gasteiger partial charge in [0.05, 0.1) is 6.10 Å². The Bertz CT molecular complexity index is 436. The van der Waals surface area contributed by atoms with Crippen LogP contribution in [0.15, 0.2) is 24.3 Å². The second kappa shape index (κ2) is 6.92. The number of rotatable bonds is 5. The number of hydrogen-bond donors (Lipinski definition) is 2. The smallest absolute Gasteiger partial charge is 0.220 e. The van der Waals surface area contributed by atoms with Crippen LogP contribution in [0, 0.1) is 5.92 Å². The first kappa shape index (κ1) is 14.4. The SMILES string of the molecule is O=C(CCc1cccc(Cl)c1)NC[C@H]1CCC[C@@H]1O. The molecular weight excluding hydrogens is 262 g/mol. The van der Waals surface area contributed by atoms with Gasteiger partial charge in [-0.25, -0.2) is 0 Å². The summed E-state index contributed by atoms with van der Waals surface area (Å²) in [6.45, 7) is 0.593. The number of aliphatic hydroxyl groups excluding tert-OH is 1. The Morgan fingerprint density at radius 3 is 2.95 bits per heavy atom. The van der Waals surface area contributed by atoms with Crippen molar-refractivity contribution in [3.05, 3.63) is 34.9 Å². The first-order chi connectivity index (χ1) is 9.15. The van der Waals surface area contributed by atoms with Gasteiger partial charge in [-0.1, -0.05) is 30.2 Å². The van der Waals surface area contributed by atoms with Gasteiger partial charge < -0.3 is 10.4 Å². The summed E-state index contributed by atoms with van der Waals surface area (Å²) in [6.07, 6.45) is 3.85. The van der Waals surface area contributed by atoms with E-state index in [1.54, 1.807) is 0 Å². The Hall–Kier alpha value is -1.06. The highest BCUT2D eigenvalue weighted by molar-refractivity contribution is 6.30. The van der Waals surface area contributed by atoms with Crippen molar-refractivity contribution in [3.63, 3.8) is 0 Å². The number of carbonyl (C=O) groups excluding carboxylic acids is 1. The van der Waals surface area contributed by atoms with Crippen LogP contribution >= 0.6 is 11.6 Å². The third-order valence-electron chi connectivity index (χ3n) is 3.71. The lowest BCUT2D eigenvalue weighted by Gasteiger charge is -2.15. The molecule has 0 bridgehead atoms. The molecule has 1 aliphatic carbocycles. The fourth-order valence-corrected chi connectivity index (χ4v) is 2.75. The van der Waals surface area contributed by atoms with E-state index in [0.717, 1.165) is 24.8 Å². The molecule has 0 unspecified atom stereocenters. The standard InChI is InChI=1S/C15H20ClNO2/c16-13-5-1-3-11(9-13)7-8-15(19)17-10-12-4-2-6-14(12)18/h1,3,5,9,12,14,18H,2,4,6-8,10H2,(H,17,19)/t12-,14+/m1/s1. The monoisotopic (exact) mass is 281 g/mol. The van der Waals surface area contributed by atoms with Crippen molar-refractivity contribution < 1.29 is 9.90 Å². The van der Waals surface area contributed by atoms with E-state index in [2.05, 4.69) is 5.32 Å². The molecular formula is C15H20ClNO2. The molecule has 1 saturated carbocycles. The van der Waals surface area contributed by atoms with Gasteiger partial charge in [0.25, 0.3) is 0 Å². The molecule has 0 saturated heterocycles. The third-order valence-corrected chi connectivity index (χ3v) is 3.95. The van der Waals surface area contributed by atoms with Gasteiger partial charge in [-0.3, -0.25) is 4.79 Å². The minimum atomic E-state index is -0.242. The van der Waals surface area contributed by atoms with Crippen LogP contribution < -0.4 is 5.32 Å². The Balaban J connectivity index is 1.70. The summed E-state index contributed by atoms with van der Waals surface area (Å²) in [6, 6.07) is 7.58. The van der Waals surface area contributed by atoms with E-state index in [0.29, 0.717) is 24.4 Å². The molecule has 0 radical (unpaired) electrons. The van der Waals surface area contributed by atoms with E-state index < -0.39 is 0 Å². The van der Waals surface area contributed by atoms with Gasteiger partial charge in [0.1, 0.15) is 0 Å². The molecule has 1 aromatic carbocycles. The molecule has 2 rings (SSSR count). The molecule has 2 N–H and O–H groups in total. The van der Waals surface area contributed by atoms with Crippen LogP contribution in [-0.4, -0.2) is 23.7 Å². The van der Waals surface area contributed by atoms with E-state index in [9.17, 15) is 9.90 Å². The van der Waals surface area contributed by atoms with Crippen LogP contribution in [-0.2, 0) is 11.2 Å². The summed E-state index contributed by atoms with van der Waals surface area (Å²) in [5.41, 5.74) is 1.07. The minimum absolute atomic E-state index is 0.0408. The number of carbonyl (C=O) groups is 1. The maximum absolute atomic E-state index is 11.7. The van der Waals surface area contributed by atoms with E-state index >= 15 is 0 Å². The van der Waals surface area contributed by atoms with E-state index in [4.69, 9.17) is 11.6 Å². The quantitative estimate of drug-likeness (QED) is 0.871. The largest absolute Gasteiger partial charge is 0.393 e. The average Bonchev–Trinajstić information content (AvgIpc) is 2.80.